The van der Waals surface area contributed by atoms with Gasteiger partial charge in [0, 0.05) is 11.9 Å². The molecule has 1 heterocycles. The van der Waals surface area contributed by atoms with E-state index < -0.39 is 17.8 Å². The summed E-state index contributed by atoms with van der Waals surface area (Å²) in [5.41, 5.74) is -0.332. The lowest BCUT2D eigenvalue weighted by Crippen LogP contribution is -2.16. The number of nitrogens with one attached hydrogen (secondary N) is 1. The molecule has 1 N–H and O–H groups in total. The van der Waals surface area contributed by atoms with Crippen LogP contribution in [0.15, 0.2) is 18.2 Å². The molecule has 0 unspecified atom stereocenters. The van der Waals surface area contributed by atoms with E-state index in [1.54, 1.807) is 0 Å². The minimum absolute atomic E-state index is 0.00414. The molecular formula is C13H13F4N3. The van der Waals surface area contributed by atoms with Gasteiger partial charge in [0.15, 0.2) is 0 Å². The van der Waals surface area contributed by atoms with Crippen LogP contribution in [0.1, 0.15) is 19.7 Å². The molecule has 2 aromatic rings. The SMILES string of the molecule is CC(C)CNc1nc(C(F)(F)F)nc2c(F)cccc12. The first-order chi connectivity index (χ1) is 9.29. The Balaban J connectivity index is 2.60. The maximum absolute atomic E-state index is 13.6. The summed E-state index contributed by atoms with van der Waals surface area (Å²) in [6.45, 7) is 4.24. The normalized spacial score (nSPS) is 12.2. The van der Waals surface area contributed by atoms with Gasteiger partial charge in [0.2, 0.25) is 5.82 Å². The lowest BCUT2D eigenvalue weighted by Gasteiger charge is -2.13. The molecule has 0 saturated heterocycles. The molecule has 0 atom stereocenters. The third kappa shape index (κ3) is 2.97. The lowest BCUT2D eigenvalue weighted by molar-refractivity contribution is -0.144. The molecule has 7 heteroatoms. The van der Waals surface area contributed by atoms with Crippen LogP contribution in [0.4, 0.5) is 23.4 Å². The van der Waals surface area contributed by atoms with Crippen LogP contribution >= 0.6 is 0 Å². The molecule has 0 radical (unpaired) electrons. The van der Waals surface area contributed by atoms with Crippen LogP contribution in [-0.2, 0) is 6.18 Å². The van der Waals surface area contributed by atoms with Gasteiger partial charge in [-0.2, -0.15) is 13.2 Å². The molecule has 2 rings (SSSR count). The van der Waals surface area contributed by atoms with Crippen LogP contribution < -0.4 is 5.32 Å². The van der Waals surface area contributed by atoms with E-state index in [0.29, 0.717) is 6.54 Å². The summed E-state index contributed by atoms with van der Waals surface area (Å²) in [7, 11) is 0. The molecule has 0 amide bonds. The van der Waals surface area contributed by atoms with Crippen LogP contribution in [0.25, 0.3) is 10.9 Å². The highest BCUT2D eigenvalue weighted by Gasteiger charge is 2.35. The molecule has 1 aromatic carbocycles. The van der Waals surface area contributed by atoms with Gasteiger partial charge in [-0.3, -0.25) is 0 Å². The Hall–Kier alpha value is -1.92. The molecular weight excluding hydrogens is 274 g/mol. The minimum Gasteiger partial charge on any atom is -0.369 e. The predicted octanol–water partition coefficient (Wildman–Crippen LogP) is 3.86. The third-order valence-corrected chi connectivity index (χ3v) is 2.61. The summed E-state index contributed by atoms with van der Waals surface area (Å²) in [6, 6.07) is 3.97. The van der Waals surface area contributed by atoms with Gasteiger partial charge in [0.1, 0.15) is 17.2 Å². The van der Waals surface area contributed by atoms with Gasteiger partial charge in [-0.05, 0) is 18.1 Å². The van der Waals surface area contributed by atoms with Crippen molar-refractivity contribution in [2.24, 2.45) is 5.92 Å². The topological polar surface area (TPSA) is 37.8 Å². The van der Waals surface area contributed by atoms with Crippen molar-refractivity contribution < 1.29 is 17.6 Å². The number of nitrogens with zero attached hydrogens (tertiary/aromatic N) is 2. The Bertz CT molecular complexity index is 623. The number of hydrogen-bond donors (Lipinski definition) is 1. The number of para-hydroxylation sites is 1. The molecule has 3 nitrogen and oxygen atoms in total. The first kappa shape index (κ1) is 14.5. The van der Waals surface area contributed by atoms with Gasteiger partial charge in [-0.15, -0.1) is 0 Å². The maximum Gasteiger partial charge on any atom is 0.451 e. The maximum atomic E-state index is 13.6. The van der Waals surface area contributed by atoms with Gasteiger partial charge >= 0.3 is 6.18 Å². The first-order valence-corrected chi connectivity index (χ1v) is 6.06. The summed E-state index contributed by atoms with van der Waals surface area (Å²) < 4.78 is 51.9. The fraction of sp³-hybridized carbons (Fsp3) is 0.385. The molecule has 0 saturated carbocycles. The number of aromatic nitrogens is 2. The van der Waals surface area contributed by atoms with Crippen molar-refractivity contribution in [2.75, 3.05) is 11.9 Å². The van der Waals surface area contributed by atoms with E-state index in [1.165, 1.54) is 12.1 Å². The lowest BCUT2D eigenvalue weighted by atomic mass is 10.2. The van der Waals surface area contributed by atoms with E-state index in [2.05, 4.69) is 15.3 Å². The van der Waals surface area contributed by atoms with E-state index >= 15 is 0 Å². The average Bonchev–Trinajstić information content (AvgIpc) is 2.35. The zero-order valence-corrected chi connectivity index (χ0v) is 10.9. The quantitative estimate of drug-likeness (QED) is 0.871. The van der Waals surface area contributed by atoms with Crippen molar-refractivity contribution in [1.82, 2.24) is 9.97 Å². The van der Waals surface area contributed by atoms with Crippen LogP contribution in [0, 0.1) is 11.7 Å². The number of fused-ring (bicyclic) bond motifs is 1. The molecule has 0 spiro atoms. The second-order valence-corrected chi connectivity index (χ2v) is 4.80. The third-order valence-electron chi connectivity index (χ3n) is 2.61. The van der Waals surface area contributed by atoms with E-state index in [9.17, 15) is 17.6 Å². The monoisotopic (exact) mass is 287 g/mol. The van der Waals surface area contributed by atoms with Crippen molar-refractivity contribution in [1.29, 1.82) is 0 Å². The first-order valence-electron chi connectivity index (χ1n) is 6.06. The number of hydrogen-bond acceptors (Lipinski definition) is 3. The molecule has 1 aromatic heterocycles. The largest absolute Gasteiger partial charge is 0.451 e. The Morgan fingerprint density at radius 1 is 1.20 bits per heavy atom. The Kier molecular flexibility index (Phi) is 3.78. The Morgan fingerprint density at radius 2 is 1.90 bits per heavy atom. The molecule has 0 aliphatic rings. The molecule has 108 valence electrons. The van der Waals surface area contributed by atoms with Gasteiger partial charge in [-0.25, -0.2) is 14.4 Å². The van der Waals surface area contributed by atoms with Gasteiger partial charge in [-0.1, -0.05) is 19.9 Å². The highest BCUT2D eigenvalue weighted by Crippen LogP contribution is 2.31. The molecule has 0 fully saturated rings. The van der Waals surface area contributed by atoms with E-state index in [0.717, 1.165) is 6.07 Å². The summed E-state index contributed by atoms with van der Waals surface area (Å²) in [6.07, 6.45) is -4.72. The second kappa shape index (κ2) is 5.22. The predicted molar refractivity (Wildman–Crippen MR) is 67.8 cm³/mol. The molecule has 0 bridgehead atoms. The summed E-state index contributed by atoms with van der Waals surface area (Å²) >= 11 is 0. The zero-order chi connectivity index (χ0) is 14.9. The van der Waals surface area contributed by atoms with Crippen molar-refractivity contribution in [3.63, 3.8) is 0 Å². The fourth-order valence-electron chi connectivity index (χ4n) is 1.68. The summed E-state index contributed by atoms with van der Waals surface area (Å²) in [5.74, 6) is -1.94. The van der Waals surface area contributed by atoms with Crippen LogP contribution in [-0.4, -0.2) is 16.5 Å². The standard InChI is InChI=1S/C13H13F4N3/c1-7(2)6-18-11-8-4-3-5-9(14)10(8)19-12(20-11)13(15,16)17/h3-5,7H,6H2,1-2H3,(H,18,19,20). The number of rotatable bonds is 3. The van der Waals surface area contributed by atoms with Crippen molar-refractivity contribution in [3.05, 3.63) is 29.8 Å². The van der Waals surface area contributed by atoms with Crippen LogP contribution in [0.2, 0.25) is 0 Å². The highest BCUT2D eigenvalue weighted by molar-refractivity contribution is 5.89. The molecule has 20 heavy (non-hydrogen) atoms. The van der Waals surface area contributed by atoms with Crippen LogP contribution in [0.5, 0.6) is 0 Å². The Morgan fingerprint density at radius 3 is 2.50 bits per heavy atom. The average molecular weight is 287 g/mol. The summed E-state index contributed by atoms with van der Waals surface area (Å²) in [4.78, 5) is 6.75. The van der Waals surface area contributed by atoms with Crippen molar-refractivity contribution in [2.45, 2.75) is 20.0 Å². The van der Waals surface area contributed by atoms with E-state index in [4.69, 9.17) is 0 Å². The van der Waals surface area contributed by atoms with Crippen molar-refractivity contribution in [3.8, 4) is 0 Å². The second-order valence-electron chi connectivity index (χ2n) is 4.80. The number of alkyl halides is 3. The van der Waals surface area contributed by atoms with E-state index in [-0.39, 0.29) is 22.6 Å². The summed E-state index contributed by atoms with van der Waals surface area (Å²) in [5, 5.41) is 3.04. The molecule has 0 aliphatic carbocycles. The Labute approximate surface area is 113 Å². The molecule has 0 aliphatic heterocycles. The number of benzene rings is 1. The van der Waals surface area contributed by atoms with Gasteiger partial charge in [0.05, 0.1) is 0 Å². The van der Waals surface area contributed by atoms with Gasteiger partial charge in [0.25, 0.3) is 0 Å². The van der Waals surface area contributed by atoms with Gasteiger partial charge < -0.3 is 5.32 Å². The van der Waals surface area contributed by atoms with Crippen LogP contribution in [0.3, 0.4) is 0 Å². The fourth-order valence-corrected chi connectivity index (χ4v) is 1.68. The number of halogens is 4. The minimum atomic E-state index is -4.72. The smallest absolute Gasteiger partial charge is 0.369 e. The highest BCUT2D eigenvalue weighted by atomic mass is 19.4. The zero-order valence-electron chi connectivity index (χ0n) is 10.9. The number of anilines is 1. The van der Waals surface area contributed by atoms with E-state index in [1.807, 2.05) is 13.8 Å². The van der Waals surface area contributed by atoms with Crippen molar-refractivity contribution >= 4 is 16.7 Å².